The van der Waals surface area contributed by atoms with Crippen molar-refractivity contribution in [2.75, 3.05) is 11.4 Å². The Kier molecular flexibility index (Phi) is 3.84. The minimum atomic E-state index is -0.310. The highest BCUT2D eigenvalue weighted by Gasteiger charge is 2.34. The summed E-state index contributed by atoms with van der Waals surface area (Å²) >= 11 is 0. The fraction of sp³-hybridized carbons (Fsp3) is 0.500. The first-order valence-electron chi connectivity index (χ1n) is 6.85. The molecule has 1 aliphatic rings. The molecule has 1 amide bonds. The van der Waals surface area contributed by atoms with Crippen LogP contribution in [0.3, 0.4) is 0 Å². The number of ketones is 1. The van der Waals surface area contributed by atoms with E-state index in [0.717, 1.165) is 12.1 Å². The highest BCUT2D eigenvalue weighted by atomic mass is 16.6. The summed E-state index contributed by atoms with van der Waals surface area (Å²) in [5, 5.41) is 0. The largest absolute Gasteiger partial charge is 0.444 e. The van der Waals surface area contributed by atoms with Crippen LogP contribution in [0.1, 0.15) is 44.5 Å². The highest BCUT2D eigenvalue weighted by molar-refractivity contribution is 5.95. The van der Waals surface area contributed by atoms with Crippen molar-refractivity contribution in [1.29, 1.82) is 0 Å². The first-order valence-corrected chi connectivity index (χ1v) is 6.85. The Labute approximate surface area is 119 Å². The van der Waals surface area contributed by atoms with Crippen molar-refractivity contribution in [2.45, 2.75) is 40.2 Å². The molecule has 0 spiro atoms. The fourth-order valence-electron chi connectivity index (χ4n) is 2.40. The summed E-state index contributed by atoms with van der Waals surface area (Å²) in [5.74, 6) is 0.0196. The number of benzene rings is 1. The third-order valence-corrected chi connectivity index (χ3v) is 3.30. The molecule has 0 saturated carbocycles. The smallest absolute Gasteiger partial charge is 0.414 e. The molecule has 1 saturated heterocycles. The van der Waals surface area contributed by atoms with Crippen molar-refractivity contribution >= 4 is 17.6 Å². The van der Waals surface area contributed by atoms with Crippen molar-refractivity contribution < 1.29 is 14.3 Å². The summed E-state index contributed by atoms with van der Waals surface area (Å²) in [6.07, 6.45) is 0.450. The highest BCUT2D eigenvalue weighted by Crippen LogP contribution is 2.29. The second-order valence-corrected chi connectivity index (χ2v) is 6.48. The van der Waals surface area contributed by atoms with Gasteiger partial charge in [-0.05, 0) is 43.0 Å². The van der Waals surface area contributed by atoms with Crippen molar-refractivity contribution in [2.24, 2.45) is 5.41 Å². The molecular weight excluding hydrogens is 254 g/mol. The van der Waals surface area contributed by atoms with E-state index < -0.39 is 0 Å². The Hall–Kier alpha value is -1.84. The number of hydrogen-bond acceptors (Lipinski definition) is 3. The summed E-state index contributed by atoms with van der Waals surface area (Å²) in [4.78, 5) is 24.8. The van der Waals surface area contributed by atoms with E-state index in [0.29, 0.717) is 12.1 Å². The van der Waals surface area contributed by atoms with E-state index >= 15 is 0 Å². The van der Waals surface area contributed by atoms with Crippen LogP contribution in [0, 0.1) is 5.41 Å². The zero-order chi connectivity index (χ0) is 14.9. The van der Waals surface area contributed by atoms with E-state index in [9.17, 15) is 9.59 Å². The van der Waals surface area contributed by atoms with Crippen LogP contribution in [0.15, 0.2) is 24.3 Å². The SMILES string of the molecule is CC(=O)c1ccc(N2CC(CC(C)(C)C)OC2=O)cc1. The minimum Gasteiger partial charge on any atom is -0.444 e. The zero-order valence-electron chi connectivity index (χ0n) is 12.5. The maximum absolute atomic E-state index is 11.9. The van der Waals surface area contributed by atoms with E-state index in [2.05, 4.69) is 20.8 Å². The molecule has 1 aromatic carbocycles. The van der Waals surface area contributed by atoms with Crippen molar-refractivity contribution in [3.63, 3.8) is 0 Å². The predicted octanol–water partition coefficient (Wildman–Crippen LogP) is 3.65. The molecule has 4 nitrogen and oxygen atoms in total. The standard InChI is InChI=1S/C16H21NO3/c1-11(18)12-5-7-13(8-6-12)17-10-14(20-15(17)19)9-16(2,3)4/h5-8,14H,9-10H2,1-4H3. The monoisotopic (exact) mass is 275 g/mol. The van der Waals surface area contributed by atoms with Gasteiger partial charge < -0.3 is 4.74 Å². The summed E-state index contributed by atoms with van der Waals surface area (Å²) < 4.78 is 5.40. The molecule has 1 aliphatic heterocycles. The first kappa shape index (κ1) is 14.6. The molecule has 20 heavy (non-hydrogen) atoms. The van der Waals surface area contributed by atoms with E-state index in [1.807, 2.05) is 0 Å². The Morgan fingerprint density at radius 3 is 2.40 bits per heavy atom. The molecule has 1 fully saturated rings. The van der Waals surface area contributed by atoms with Gasteiger partial charge in [0.15, 0.2) is 5.78 Å². The van der Waals surface area contributed by atoms with E-state index in [1.165, 1.54) is 6.92 Å². The Balaban J connectivity index is 2.09. The summed E-state index contributed by atoms with van der Waals surface area (Å²) in [6, 6.07) is 7.05. The topological polar surface area (TPSA) is 46.6 Å². The van der Waals surface area contributed by atoms with Gasteiger partial charge in [-0.25, -0.2) is 4.79 Å². The Morgan fingerprint density at radius 2 is 1.90 bits per heavy atom. The molecule has 0 N–H and O–H groups in total. The van der Waals surface area contributed by atoms with Crippen molar-refractivity contribution in [1.82, 2.24) is 0 Å². The van der Waals surface area contributed by atoms with Crippen LogP contribution in [0.4, 0.5) is 10.5 Å². The molecule has 4 heteroatoms. The van der Waals surface area contributed by atoms with Crippen LogP contribution in [-0.4, -0.2) is 24.5 Å². The number of nitrogens with zero attached hydrogens (tertiary/aromatic N) is 1. The molecule has 1 heterocycles. The molecule has 2 rings (SSSR count). The number of ether oxygens (including phenoxy) is 1. The molecule has 0 bridgehead atoms. The lowest BCUT2D eigenvalue weighted by Crippen LogP contribution is -2.26. The molecule has 0 aliphatic carbocycles. The van der Waals surface area contributed by atoms with Gasteiger partial charge in [-0.2, -0.15) is 0 Å². The van der Waals surface area contributed by atoms with Crippen LogP contribution in [0.2, 0.25) is 0 Å². The first-order chi connectivity index (χ1) is 9.26. The number of anilines is 1. The van der Waals surface area contributed by atoms with Gasteiger partial charge in [0, 0.05) is 11.3 Å². The summed E-state index contributed by atoms with van der Waals surface area (Å²) in [7, 11) is 0. The molecule has 1 unspecified atom stereocenters. The molecule has 0 aromatic heterocycles. The van der Waals surface area contributed by atoms with Gasteiger partial charge in [0.05, 0.1) is 6.54 Å². The lowest BCUT2D eigenvalue weighted by atomic mass is 9.89. The predicted molar refractivity (Wildman–Crippen MR) is 78.1 cm³/mol. The van der Waals surface area contributed by atoms with Crippen LogP contribution >= 0.6 is 0 Å². The Morgan fingerprint density at radius 1 is 1.30 bits per heavy atom. The number of rotatable bonds is 3. The van der Waals surface area contributed by atoms with Gasteiger partial charge in [0.25, 0.3) is 0 Å². The van der Waals surface area contributed by atoms with Crippen molar-refractivity contribution in [3.8, 4) is 0 Å². The summed E-state index contributed by atoms with van der Waals surface area (Å²) in [5.41, 5.74) is 1.54. The fourth-order valence-corrected chi connectivity index (χ4v) is 2.40. The number of amides is 1. The van der Waals surface area contributed by atoms with Gasteiger partial charge in [0.1, 0.15) is 6.10 Å². The number of hydrogen-bond donors (Lipinski definition) is 0. The quantitative estimate of drug-likeness (QED) is 0.791. The van der Waals surface area contributed by atoms with Gasteiger partial charge in [-0.15, -0.1) is 0 Å². The second-order valence-electron chi connectivity index (χ2n) is 6.48. The lowest BCUT2D eigenvalue weighted by Gasteiger charge is -2.21. The van der Waals surface area contributed by atoms with Crippen molar-refractivity contribution in [3.05, 3.63) is 29.8 Å². The third kappa shape index (κ3) is 3.38. The van der Waals surface area contributed by atoms with Gasteiger partial charge in [-0.3, -0.25) is 9.69 Å². The van der Waals surface area contributed by atoms with Crippen LogP contribution in [0.5, 0.6) is 0 Å². The van der Waals surface area contributed by atoms with E-state index in [4.69, 9.17) is 4.74 Å². The maximum Gasteiger partial charge on any atom is 0.414 e. The average Bonchev–Trinajstić information content (AvgIpc) is 2.67. The second kappa shape index (κ2) is 5.27. The average molecular weight is 275 g/mol. The Bertz CT molecular complexity index is 514. The van der Waals surface area contributed by atoms with Crippen LogP contribution in [0.25, 0.3) is 0 Å². The minimum absolute atomic E-state index is 0.0196. The molecular formula is C16H21NO3. The zero-order valence-corrected chi connectivity index (χ0v) is 12.5. The van der Waals surface area contributed by atoms with Gasteiger partial charge >= 0.3 is 6.09 Å². The maximum atomic E-state index is 11.9. The van der Waals surface area contributed by atoms with Gasteiger partial charge in [-0.1, -0.05) is 20.8 Å². The molecule has 1 aromatic rings. The third-order valence-electron chi connectivity index (χ3n) is 3.30. The number of Topliss-reactive ketones (excluding diaryl/α,β-unsaturated/α-hetero) is 1. The molecule has 1 atom stereocenters. The van der Waals surface area contributed by atoms with Crippen LogP contribution in [-0.2, 0) is 4.74 Å². The summed E-state index contributed by atoms with van der Waals surface area (Å²) in [6.45, 7) is 8.48. The molecule has 0 radical (unpaired) electrons. The normalized spacial score (nSPS) is 19.1. The lowest BCUT2D eigenvalue weighted by molar-refractivity contribution is 0.101. The number of carbonyl (C=O) groups excluding carboxylic acids is 2. The molecule has 108 valence electrons. The van der Waals surface area contributed by atoms with Crippen LogP contribution < -0.4 is 4.90 Å². The number of carbonyl (C=O) groups is 2. The van der Waals surface area contributed by atoms with E-state index in [-0.39, 0.29) is 23.4 Å². The van der Waals surface area contributed by atoms with E-state index in [1.54, 1.807) is 29.2 Å². The number of cyclic esters (lactones) is 1. The van der Waals surface area contributed by atoms with Gasteiger partial charge in [0.2, 0.25) is 0 Å².